The maximum Gasteiger partial charge on any atom is 0.250 e. The summed E-state index contributed by atoms with van der Waals surface area (Å²) in [4.78, 5) is 16.9. The molecule has 0 saturated heterocycles. The third-order valence-electron chi connectivity index (χ3n) is 4.70. The molecule has 0 radical (unpaired) electrons. The first-order chi connectivity index (χ1) is 15.9. The van der Waals surface area contributed by atoms with Crippen molar-refractivity contribution in [1.82, 2.24) is 4.98 Å². The fourth-order valence-electron chi connectivity index (χ4n) is 3.00. The number of anilines is 1. The van der Waals surface area contributed by atoms with Crippen LogP contribution < -0.4 is 10.1 Å². The molecule has 0 atom stereocenters. The first-order valence-corrected chi connectivity index (χ1v) is 12.4. The number of thiazole rings is 1. The SMILES string of the molecule is COc1ccc(-c2csc(NC(=O)/C=C\c3ccc(S(=O)(=O)Cc4ccco4)cc3)n2)cc1. The van der Waals surface area contributed by atoms with E-state index in [1.165, 1.54) is 35.8 Å². The number of nitrogens with one attached hydrogen (secondary N) is 1. The van der Waals surface area contributed by atoms with Crippen molar-refractivity contribution in [1.29, 1.82) is 0 Å². The van der Waals surface area contributed by atoms with Gasteiger partial charge in [0.2, 0.25) is 5.91 Å². The van der Waals surface area contributed by atoms with E-state index in [0.29, 0.717) is 16.5 Å². The molecule has 2 heterocycles. The molecule has 0 saturated carbocycles. The molecule has 0 aliphatic rings. The van der Waals surface area contributed by atoms with Crippen molar-refractivity contribution in [2.75, 3.05) is 12.4 Å². The predicted molar refractivity (Wildman–Crippen MR) is 128 cm³/mol. The average Bonchev–Trinajstić information content (AvgIpc) is 3.50. The number of sulfone groups is 1. The van der Waals surface area contributed by atoms with Gasteiger partial charge in [-0.2, -0.15) is 0 Å². The van der Waals surface area contributed by atoms with Crippen LogP contribution in [-0.4, -0.2) is 26.4 Å². The molecule has 0 aliphatic carbocycles. The van der Waals surface area contributed by atoms with Crippen LogP contribution in [0.4, 0.5) is 5.13 Å². The number of furan rings is 1. The van der Waals surface area contributed by atoms with Crippen molar-refractivity contribution in [2.24, 2.45) is 0 Å². The van der Waals surface area contributed by atoms with E-state index in [4.69, 9.17) is 9.15 Å². The van der Waals surface area contributed by atoms with Gasteiger partial charge in [0, 0.05) is 17.0 Å². The van der Waals surface area contributed by atoms with Crippen molar-refractivity contribution < 1.29 is 22.4 Å². The summed E-state index contributed by atoms with van der Waals surface area (Å²) >= 11 is 1.33. The molecule has 0 unspecified atom stereocenters. The van der Waals surface area contributed by atoms with E-state index in [-0.39, 0.29) is 16.6 Å². The summed E-state index contributed by atoms with van der Waals surface area (Å²) in [5, 5.41) is 5.08. The molecule has 1 amide bonds. The Balaban J connectivity index is 1.36. The summed E-state index contributed by atoms with van der Waals surface area (Å²) in [6, 6.07) is 17.1. The van der Waals surface area contributed by atoms with Crippen LogP contribution in [-0.2, 0) is 20.4 Å². The van der Waals surface area contributed by atoms with Crippen LogP contribution in [0, 0.1) is 0 Å². The Hall–Kier alpha value is -3.69. The van der Waals surface area contributed by atoms with Crippen LogP contribution in [0.2, 0.25) is 0 Å². The van der Waals surface area contributed by atoms with Crippen molar-refractivity contribution in [2.45, 2.75) is 10.6 Å². The second-order valence-electron chi connectivity index (χ2n) is 7.00. The molecular formula is C24H20N2O5S2. The Morgan fingerprint density at radius 2 is 1.88 bits per heavy atom. The molecule has 0 spiro atoms. The van der Waals surface area contributed by atoms with E-state index < -0.39 is 9.84 Å². The maximum absolute atomic E-state index is 12.5. The number of ether oxygens (including phenoxy) is 1. The van der Waals surface area contributed by atoms with E-state index in [0.717, 1.165) is 17.0 Å². The summed E-state index contributed by atoms with van der Waals surface area (Å²) in [7, 11) is -1.90. The molecule has 7 nitrogen and oxygen atoms in total. The zero-order valence-corrected chi connectivity index (χ0v) is 19.2. The third kappa shape index (κ3) is 5.76. The van der Waals surface area contributed by atoms with Gasteiger partial charge in [-0.1, -0.05) is 12.1 Å². The topological polar surface area (TPSA) is 98.5 Å². The molecule has 0 aliphatic heterocycles. The molecule has 0 bridgehead atoms. The highest BCUT2D eigenvalue weighted by molar-refractivity contribution is 7.90. The summed E-state index contributed by atoms with van der Waals surface area (Å²) in [5.41, 5.74) is 2.37. The number of hydrogen-bond acceptors (Lipinski definition) is 7. The monoisotopic (exact) mass is 480 g/mol. The normalized spacial score (nSPS) is 11.5. The van der Waals surface area contributed by atoms with E-state index in [1.54, 1.807) is 37.5 Å². The van der Waals surface area contributed by atoms with Crippen LogP contribution in [0.25, 0.3) is 17.3 Å². The minimum absolute atomic E-state index is 0.189. The van der Waals surface area contributed by atoms with Gasteiger partial charge in [0.05, 0.1) is 24.0 Å². The third-order valence-corrected chi connectivity index (χ3v) is 7.11. The Bertz CT molecular complexity index is 1360. The lowest BCUT2D eigenvalue weighted by Crippen LogP contribution is -2.07. The highest BCUT2D eigenvalue weighted by Gasteiger charge is 2.16. The molecule has 4 aromatic rings. The van der Waals surface area contributed by atoms with E-state index in [9.17, 15) is 13.2 Å². The standard InChI is InChI=1S/C24H20N2O5S2/c1-30-19-9-7-18(8-10-19)22-15-32-24(25-22)26-23(27)13-6-17-4-11-21(12-5-17)33(28,29)16-20-3-2-14-31-20/h2-15H,16H2,1H3,(H,25,26,27)/b13-6-. The fraction of sp³-hybridized carbons (Fsp3) is 0.0833. The Labute approximate surface area is 195 Å². The number of rotatable bonds is 8. The fourth-order valence-corrected chi connectivity index (χ4v) is 4.97. The van der Waals surface area contributed by atoms with Crippen LogP contribution >= 0.6 is 11.3 Å². The zero-order valence-electron chi connectivity index (χ0n) is 17.6. The number of nitrogens with zero attached hydrogens (tertiary/aromatic N) is 1. The minimum atomic E-state index is -3.51. The lowest BCUT2D eigenvalue weighted by atomic mass is 10.2. The second kappa shape index (κ2) is 9.85. The van der Waals surface area contributed by atoms with Gasteiger partial charge < -0.3 is 9.15 Å². The number of carbonyl (C=O) groups excluding carboxylic acids is 1. The summed E-state index contributed by atoms with van der Waals surface area (Å²) in [5.74, 6) is 0.605. The Morgan fingerprint density at radius 3 is 2.55 bits per heavy atom. The quantitative estimate of drug-likeness (QED) is 0.355. The molecular weight excluding hydrogens is 460 g/mol. The molecule has 33 heavy (non-hydrogen) atoms. The predicted octanol–water partition coefficient (Wildman–Crippen LogP) is 5.04. The minimum Gasteiger partial charge on any atom is -0.497 e. The van der Waals surface area contributed by atoms with Crippen LogP contribution in [0.3, 0.4) is 0 Å². The molecule has 4 rings (SSSR count). The molecule has 1 N–H and O–H groups in total. The molecule has 9 heteroatoms. The van der Waals surface area contributed by atoms with Gasteiger partial charge in [-0.25, -0.2) is 13.4 Å². The van der Waals surface area contributed by atoms with Crippen molar-refractivity contribution in [3.8, 4) is 17.0 Å². The first-order valence-electron chi connectivity index (χ1n) is 9.87. The molecule has 2 aromatic heterocycles. The van der Waals surface area contributed by atoms with Crippen LogP contribution in [0.15, 0.2) is 87.7 Å². The summed E-state index contributed by atoms with van der Waals surface area (Å²) in [6.07, 6.45) is 4.42. The Kier molecular flexibility index (Phi) is 6.71. The largest absolute Gasteiger partial charge is 0.497 e. The molecule has 168 valence electrons. The Morgan fingerprint density at radius 1 is 1.12 bits per heavy atom. The number of hydrogen-bond donors (Lipinski definition) is 1. The lowest BCUT2D eigenvalue weighted by Gasteiger charge is -2.03. The summed E-state index contributed by atoms with van der Waals surface area (Å²) < 4.78 is 35.2. The van der Waals surface area contributed by atoms with Crippen LogP contribution in [0.5, 0.6) is 5.75 Å². The summed E-state index contributed by atoms with van der Waals surface area (Å²) in [6.45, 7) is 0. The van der Waals surface area contributed by atoms with E-state index in [2.05, 4.69) is 10.3 Å². The van der Waals surface area contributed by atoms with Gasteiger partial charge in [-0.05, 0) is 60.2 Å². The molecule has 2 aromatic carbocycles. The van der Waals surface area contributed by atoms with Crippen molar-refractivity contribution >= 4 is 38.3 Å². The van der Waals surface area contributed by atoms with Gasteiger partial charge in [0.1, 0.15) is 17.3 Å². The first kappa shape index (κ1) is 22.5. The van der Waals surface area contributed by atoms with Gasteiger partial charge >= 0.3 is 0 Å². The second-order valence-corrected chi connectivity index (χ2v) is 9.84. The molecule has 0 fully saturated rings. The highest BCUT2D eigenvalue weighted by atomic mass is 32.2. The average molecular weight is 481 g/mol. The number of aromatic nitrogens is 1. The van der Waals surface area contributed by atoms with E-state index >= 15 is 0 Å². The van der Waals surface area contributed by atoms with Crippen molar-refractivity contribution in [3.05, 3.63) is 89.7 Å². The van der Waals surface area contributed by atoms with E-state index in [1.807, 2.05) is 29.6 Å². The van der Waals surface area contributed by atoms with Crippen LogP contribution in [0.1, 0.15) is 11.3 Å². The maximum atomic E-state index is 12.5. The number of carbonyl (C=O) groups is 1. The smallest absolute Gasteiger partial charge is 0.250 e. The van der Waals surface area contributed by atoms with Gasteiger partial charge in [0.25, 0.3) is 0 Å². The number of methoxy groups -OCH3 is 1. The van der Waals surface area contributed by atoms with Gasteiger partial charge in [-0.3, -0.25) is 10.1 Å². The highest BCUT2D eigenvalue weighted by Crippen LogP contribution is 2.26. The number of amides is 1. The lowest BCUT2D eigenvalue weighted by molar-refractivity contribution is -0.111. The number of benzene rings is 2. The van der Waals surface area contributed by atoms with Gasteiger partial charge in [0.15, 0.2) is 15.0 Å². The van der Waals surface area contributed by atoms with Crippen molar-refractivity contribution in [3.63, 3.8) is 0 Å². The van der Waals surface area contributed by atoms with Gasteiger partial charge in [-0.15, -0.1) is 11.3 Å². The zero-order chi connectivity index (χ0) is 23.3.